The van der Waals surface area contributed by atoms with E-state index in [9.17, 15) is 0 Å². The zero-order valence-corrected chi connectivity index (χ0v) is 4.86. The summed E-state index contributed by atoms with van der Waals surface area (Å²) in [6.07, 6.45) is 0. The summed E-state index contributed by atoms with van der Waals surface area (Å²) in [6, 6.07) is 0. The van der Waals surface area contributed by atoms with Gasteiger partial charge in [-0.3, -0.25) is 18.8 Å². The van der Waals surface area contributed by atoms with E-state index in [0.29, 0.717) is 0 Å². The van der Waals surface area contributed by atoms with Crippen molar-refractivity contribution in [2.75, 3.05) is 0 Å². The fourth-order valence-electron chi connectivity index (χ4n) is 0. The first-order chi connectivity index (χ1) is 1.41. The fourth-order valence-corrected chi connectivity index (χ4v) is 0. The van der Waals surface area contributed by atoms with Gasteiger partial charge in [-0.05, 0) is 0 Å². The Hall–Kier alpha value is 0.00831. The summed E-state index contributed by atoms with van der Waals surface area (Å²) in [7, 11) is 0. The van der Waals surface area contributed by atoms with Gasteiger partial charge in [-0.2, -0.15) is 0 Å². The van der Waals surface area contributed by atoms with Gasteiger partial charge in [0.05, 0.1) is 0 Å². The second kappa shape index (κ2) is 148. The number of halogens is 4. The van der Waals surface area contributed by atoms with Crippen LogP contribution in [0.5, 0.6) is 0 Å². The first-order valence-corrected chi connectivity index (χ1v) is 1.97. The average molecular weight is 208 g/mol. The van der Waals surface area contributed by atoms with E-state index in [-0.39, 0.29) is 18.8 Å². The normalized spacial score (nSPS) is 1.71. The standard InChI is InChI=1S/4FH.Mo.2O/h4*1H;;;. The molecule has 50 valence electrons. The van der Waals surface area contributed by atoms with E-state index in [1.165, 1.54) is 0 Å². The number of rotatable bonds is 0. The molecular formula is H4F4MoO2. The molecule has 0 unspecified atom stereocenters. The Kier molecular flexibility index (Phi) is 1330. The summed E-state index contributed by atoms with van der Waals surface area (Å²) in [5, 5.41) is 0. The zero-order valence-electron chi connectivity index (χ0n) is 2.86. The van der Waals surface area contributed by atoms with E-state index in [1.807, 2.05) is 0 Å². The molecule has 7 heavy (non-hydrogen) atoms. The van der Waals surface area contributed by atoms with Crippen LogP contribution in [0.15, 0.2) is 0 Å². The molecule has 0 amide bonds. The summed E-state index contributed by atoms with van der Waals surface area (Å²) < 4.78 is 17.0. The van der Waals surface area contributed by atoms with Crippen LogP contribution in [-0.4, -0.2) is 0 Å². The first kappa shape index (κ1) is 62.7. The van der Waals surface area contributed by atoms with Gasteiger partial charge in [0.25, 0.3) is 0 Å². The van der Waals surface area contributed by atoms with Crippen LogP contribution in [0.3, 0.4) is 0 Å². The Morgan fingerprint density at radius 2 is 0.714 bits per heavy atom. The van der Waals surface area contributed by atoms with Gasteiger partial charge >= 0.3 is 25.3 Å². The number of hydrogen-bond acceptors (Lipinski definition) is 2. The SMILES string of the molecule is F.F.F.F.[O]=[Mo]=[O]. The van der Waals surface area contributed by atoms with Crippen LogP contribution >= 0.6 is 0 Å². The molecule has 0 saturated heterocycles. The van der Waals surface area contributed by atoms with Crippen molar-refractivity contribution in [2.24, 2.45) is 0 Å². The molecule has 0 fully saturated rings. The molecule has 0 saturated carbocycles. The summed E-state index contributed by atoms with van der Waals surface area (Å²) in [5.74, 6) is 0. The van der Waals surface area contributed by atoms with Crippen LogP contribution < -0.4 is 0 Å². The van der Waals surface area contributed by atoms with Crippen LogP contribution in [-0.2, 0) is 25.3 Å². The molecule has 7 heteroatoms. The van der Waals surface area contributed by atoms with Crippen LogP contribution in [0.25, 0.3) is 0 Å². The van der Waals surface area contributed by atoms with E-state index in [1.54, 1.807) is 0 Å². The topological polar surface area (TPSA) is 34.1 Å². The molecule has 0 aliphatic rings. The van der Waals surface area contributed by atoms with Crippen molar-refractivity contribution in [3.05, 3.63) is 0 Å². The molecule has 0 atom stereocenters. The van der Waals surface area contributed by atoms with Gasteiger partial charge < -0.3 is 0 Å². The van der Waals surface area contributed by atoms with E-state index >= 15 is 0 Å². The van der Waals surface area contributed by atoms with Crippen LogP contribution in [0.2, 0.25) is 0 Å². The molecule has 0 heterocycles. The Labute approximate surface area is 44.9 Å². The molecule has 0 aliphatic heterocycles. The van der Waals surface area contributed by atoms with Crippen molar-refractivity contribution in [1.82, 2.24) is 0 Å². The summed E-state index contributed by atoms with van der Waals surface area (Å²) in [6.45, 7) is 0. The van der Waals surface area contributed by atoms with E-state index in [4.69, 9.17) is 6.80 Å². The predicted octanol–water partition coefficient (Wildman–Crippen LogP) is 0.370. The first-order valence-electron chi connectivity index (χ1n) is 0.333. The van der Waals surface area contributed by atoms with E-state index in [0.717, 1.165) is 0 Å². The predicted molar refractivity (Wildman–Crippen MR) is 11.4 cm³/mol. The Bertz CT molecular complexity index is 30.7. The van der Waals surface area contributed by atoms with Gasteiger partial charge in [0.1, 0.15) is 0 Å². The Morgan fingerprint density at radius 3 is 0.714 bits per heavy atom. The average Bonchev–Trinajstić information content (AvgIpc) is 0.918. The molecule has 0 N–H and O–H groups in total. The third kappa shape index (κ3) is 1400000. The molecular weight excluding hydrogens is 204 g/mol. The van der Waals surface area contributed by atoms with E-state index in [2.05, 4.69) is 0 Å². The van der Waals surface area contributed by atoms with Gasteiger partial charge in [0, 0.05) is 0 Å². The van der Waals surface area contributed by atoms with Crippen molar-refractivity contribution in [3.63, 3.8) is 0 Å². The van der Waals surface area contributed by atoms with Gasteiger partial charge in [0.2, 0.25) is 0 Å². The molecule has 0 aromatic rings. The summed E-state index contributed by atoms with van der Waals surface area (Å²) in [4.78, 5) is 0. The summed E-state index contributed by atoms with van der Waals surface area (Å²) in [5.41, 5.74) is 0. The zero-order chi connectivity index (χ0) is 2.71. The molecule has 0 aromatic heterocycles. The van der Waals surface area contributed by atoms with Gasteiger partial charge in [-0.15, -0.1) is 0 Å². The van der Waals surface area contributed by atoms with Gasteiger partial charge in [0.15, 0.2) is 0 Å². The van der Waals surface area contributed by atoms with Crippen molar-refractivity contribution in [2.45, 2.75) is 0 Å². The van der Waals surface area contributed by atoms with Gasteiger partial charge in [-0.25, -0.2) is 0 Å². The molecule has 0 bridgehead atoms. The quantitative estimate of drug-likeness (QED) is 0.425. The van der Waals surface area contributed by atoms with Crippen molar-refractivity contribution < 1.29 is 44.1 Å². The molecule has 2 nitrogen and oxygen atoms in total. The maximum absolute atomic E-state index is 8.50. The van der Waals surface area contributed by atoms with Crippen LogP contribution in [0.4, 0.5) is 18.8 Å². The second-order valence-corrected chi connectivity index (χ2v) is 0.403. The molecule has 0 rings (SSSR count). The fraction of sp³-hybridized carbons (Fsp3) is 0. The van der Waals surface area contributed by atoms with Crippen molar-refractivity contribution >= 4 is 0 Å². The van der Waals surface area contributed by atoms with Gasteiger partial charge in [-0.1, -0.05) is 0 Å². The molecule has 0 aromatic carbocycles. The molecule has 0 radical (unpaired) electrons. The second-order valence-electron chi connectivity index (χ2n) is 0.0680. The maximum atomic E-state index is 8.50. The number of hydrogen-bond donors (Lipinski definition) is 0. The molecule has 0 aliphatic carbocycles. The molecule has 0 spiro atoms. The third-order valence-electron chi connectivity index (χ3n) is 0. The monoisotopic (exact) mass is 210 g/mol. The Morgan fingerprint density at radius 1 is 0.714 bits per heavy atom. The minimum absolute atomic E-state index is 0. The van der Waals surface area contributed by atoms with E-state index < -0.39 is 18.5 Å². The van der Waals surface area contributed by atoms with Crippen LogP contribution in [0, 0.1) is 0 Å². The third-order valence-corrected chi connectivity index (χ3v) is 0. The summed E-state index contributed by atoms with van der Waals surface area (Å²) >= 11 is -2.03. The minimum atomic E-state index is -2.03. The Balaban J connectivity index is -0.00000000333. The van der Waals surface area contributed by atoms with Crippen molar-refractivity contribution in [3.8, 4) is 0 Å². The van der Waals surface area contributed by atoms with Crippen molar-refractivity contribution in [1.29, 1.82) is 0 Å². The van der Waals surface area contributed by atoms with Crippen LogP contribution in [0.1, 0.15) is 0 Å².